The lowest BCUT2D eigenvalue weighted by Gasteiger charge is -1.94. The largest absolute Gasteiger partial charge is 0.250 e. The van der Waals surface area contributed by atoms with Crippen LogP contribution in [0.2, 0.25) is 0 Å². The first-order valence-corrected chi connectivity index (χ1v) is 6.12. The number of nitrogens with zero attached hydrogens (tertiary/aromatic N) is 1. The summed E-state index contributed by atoms with van der Waals surface area (Å²) in [6.45, 7) is 0. The Balaban J connectivity index is 1.76. The van der Waals surface area contributed by atoms with E-state index in [2.05, 4.69) is 22.5 Å². The smallest absolute Gasteiger partial charge is 0.0924 e. The number of rotatable bonds is 4. The molecule has 13 heavy (non-hydrogen) atoms. The highest BCUT2D eigenvalue weighted by Gasteiger charge is 1.97. The predicted octanol–water partition coefficient (Wildman–Crippen LogP) is 3.38. The molecule has 2 aromatic rings. The van der Waals surface area contributed by atoms with E-state index < -0.39 is 0 Å². The third-order valence-corrected chi connectivity index (χ3v) is 3.65. The maximum absolute atomic E-state index is 4.26. The maximum atomic E-state index is 4.26. The second kappa shape index (κ2) is 4.53. The van der Waals surface area contributed by atoms with Crippen molar-refractivity contribution in [3.63, 3.8) is 0 Å². The third kappa shape index (κ3) is 2.64. The van der Waals surface area contributed by atoms with Gasteiger partial charge in [-0.1, -0.05) is 6.07 Å². The Kier molecular flexibility index (Phi) is 3.11. The molecule has 0 aliphatic heterocycles. The first-order chi connectivity index (χ1) is 6.45. The molecule has 0 fully saturated rings. The van der Waals surface area contributed by atoms with Gasteiger partial charge < -0.3 is 0 Å². The topological polar surface area (TPSA) is 12.9 Å². The lowest BCUT2D eigenvalue weighted by atomic mass is 10.2. The number of thiophene rings is 1. The second-order valence-electron chi connectivity index (χ2n) is 2.86. The van der Waals surface area contributed by atoms with E-state index in [-0.39, 0.29) is 0 Å². The quantitative estimate of drug-likeness (QED) is 0.752. The molecule has 3 heteroatoms. The van der Waals surface area contributed by atoms with Crippen molar-refractivity contribution in [1.29, 1.82) is 0 Å². The standard InChI is InChI=1S/C10H11NS2/c1(3-9-4-2-7-12-9)5-10-11-6-8-13-10/h2,4,6-8H,1,3,5H2. The van der Waals surface area contributed by atoms with Crippen LogP contribution in [0.15, 0.2) is 29.1 Å². The molecule has 0 bridgehead atoms. The first kappa shape index (κ1) is 8.91. The van der Waals surface area contributed by atoms with Gasteiger partial charge in [0.15, 0.2) is 0 Å². The minimum absolute atomic E-state index is 1.12. The summed E-state index contributed by atoms with van der Waals surface area (Å²) < 4.78 is 0. The van der Waals surface area contributed by atoms with Crippen molar-refractivity contribution >= 4 is 22.7 Å². The van der Waals surface area contributed by atoms with Crippen LogP contribution in [-0.4, -0.2) is 4.98 Å². The Bertz CT molecular complexity index is 289. The highest BCUT2D eigenvalue weighted by atomic mass is 32.1. The Hall–Kier alpha value is -0.670. The van der Waals surface area contributed by atoms with Gasteiger partial charge in [0.2, 0.25) is 0 Å². The molecule has 0 aromatic carbocycles. The van der Waals surface area contributed by atoms with Gasteiger partial charge in [-0.15, -0.1) is 22.7 Å². The van der Waals surface area contributed by atoms with Gasteiger partial charge in [0, 0.05) is 16.5 Å². The van der Waals surface area contributed by atoms with E-state index in [0.29, 0.717) is 0 Å². The van der Waals surface area contributed by atoms with Crippen LogP contribution < -0.4 is 0 Å². The molecule has 0 unspecified atom stereocenters. The van der Waals surface area contributed by atoms with E-state index in [1.807, 2.05) is 22.9 Å². The van der Waals surface area contributed by atoms with Crippen LogP contribution in [0.1, 0.15) is 16.3 Å². The molecule has 0 spiro atoms. The molecule has 2 aromatic heterocycles. The molecule has 68 valence electrons. The molecule has 0 atom stereocenters. The van der Waals surface area contributed by atoms with Gasteiger partial charge in [0.1, 0.15) is 0 Å². The van der Waals surface area contributed by atoms with Crippen molar-refractivity contribution in [2.24, 2.45) is 0 Å². The Morgan fingerprint density at radius 2 is 2.15 bits per heavy atom. The molecule has 2 rings (SSSR count). The average molecular weight is 209 g/mol. The maximum Gasteiger partial charge on any atom is 0.0924 e. The molecule has 0 N–H and O–H groups in total. The summed E-state index contributed by atoms with van der Waals surface area (Å²) in [5, 5.41) is 5.44. The van der Waals surface area contributed by atoms with Crippen molar-refractivity contribution < 1.29 is 0 Å². The van der Waals surface area contributed by atoms with Crippen molar-refractivity contribution in [3.8, 4) is 0 Å². The van der Waals surface area contributed by atoms with Crippen LogP contribution in [-0.2, 0) is 12.8 Å². The molecule has 0 aliphatic rings. The number of hydrogen-bond donors (Lipinski definition) is 0. The van der Waals surface area contributed by atoms with E-state index in [4.69, 9.17) is 0 Å². The number of aryl methyl sites for hydroxylation is 2. The summed E-state index contributed by atoms with van der Waals surface area (Å²) in [5.74, 6) is 0. The minimum atomic E-state index is 1.12. The van der Waals surface area contributed by atoms with Gasteiger partial charge in [-0.25, -0.2) is 4.98 Å². The molecule has 2 heterocycles. The molecule has 1 nitrogen and oxygen atoms in total. The van der Waals surface area contributed by atoms with Crippen LogP contribution in [0.5, 0.6) is 0 Å². The van der Waals surface area contributed by atoms with Gasteiger partial charge in [-0.2, -0.15) is 0 Å². The zero-order valence-electron chi connectivity index (χ0n) is 7.27. The Morgan fingerprint density at radius 1 is 1.15 bits per heavy atom. The van der Waals surface area contributed by atoms with Gasteiger partial charge >= 0.3 is 0 Å². The summed E-state index contributed by atoms with van der Waals surface area (Å²) in [6, 6.07) is 4.32. The second-order valence-corrected chi connectivity index (χ2v) is 4.87. The van der Waals surface area contributed by atoms with Crippen LogP contribution in [0.3, 0.4) is 0 Å². The molecule has 0 radical (unpaired) electrons. The number of aromatic nitrogens is 1. The Morgan fingerprint density at radius 3 is 2.85 bits per heavy atom. The SMILES string of the molecule is c1csc(CCCc2nccs2)c1. The average Bonchev–Trinajstić information content (AvgIpc) is 2.75. The summed E-state index contributed by atoms with van der Waals surface area (Å²) in [7, 11) is 0. The monoisotopic (exact) mass is 209 g/mol. The molecular formula is C10H11NS2. The van der Waals surface area contributed by atoms with Crippen LogP contribution in [0, 0.1) is 0 Å². The van der Waals surface area contributed by atoms with Gasteiger partial charge in [0.05, 0.1) is 5.01 Å². The van der Waals surface area contributed by atoms with Crippen molar-refractivity contribution in [2.75, 3.05) is 0 Å². The van der Waals surface area contributed by atoms with Crippen molar-refractivity contribution in [1.82, 2.24) is 4.98 Å². The molecule has 0 saturated heterocycles. The molecule has 0 saturated carbocycles. The molecule has 0 amide bonds. The van der Waals surface area contributed by atoms with Crippen molar-refractivity contribution in [3.05, 3.63) is 39.0 Å². The van der Waals surface area contributed by atoms with E-state index in [0.717, 1.165) is 6.42 Å². The van der Waals surface area contributed by atoms with E-state index >= 15 is 0 Å². The molecular weight excluding hydrogens is 198 g/mol. The number of hydrogen-bond acceptors (Lipinski definition) is 3. The first-order valence-electron chi connectivity index (χ1n) is 4.36. The fourth-order valence-electron chi connectivity index (χ4n) is 1.25. The van der Waals surface area contributed by atoms with E-state index in [1.165, 1.54) is 22.7 Å². The normalized spacial score (nSPS) is 10.5. The summed E-state index contributed by atoms with van der Waals surface area (Å²) in [4.78, 5) is 5.74. The lowest BCUT2D eigenvalue weighted by Crippen LogP contribution is -1.86. The summed E-state index contributed by atoms with van der Waals surface area (Å²) in [5.41, 5.74) is 0. The van der Waals surface area contributed by atoms with Crippen LogP contribution in [0.4, 0.5) is 0 Å². The summed E-state index contributed by atoms with van der Waals surface area (Å²) in [6.07, 6.45) is 5.41. The fraction of sp³-hybridized carbons (Fsp3) is 0.300. The summed E-state index contributed by atoms with van der Waals surface area (Å²) >= 11 is 3.60. The highest BCUT2D eigenvalue weighted by molar-refractivity contribution is 7.10. The van der Waals surface area contributed by atoms with Crippen molar-refractivity contribution in [2.45, 2.75) is 19.3 Å². The molecule has 0 aliphatic carbocycles. The predicted molar refractivity (Wildman–Crippen MR) is 58.5 cm³/mol. The van der Waals surface area contributed by atoms with Gasteiger partial charge in [-0.05, 0) is 30.7 Å². The highest BCUT2D eigenvalue weighted by Crippen LogP contribution is 2.13. The lowest BCUT2D eigenvalue weighted by molar-refractivity contribution is 0.824. The zero-order valence-corrected chi connectivity index (χ0v) is 8.90. The fourth-order valence-corrected chi connectivity index (χ4v) is 2.66. The Labute approximate surface area is 86.1 Å². The zero-order chi connectivity index (χ0) is 8.93. The van der Waals surface area contributed by atoms with Crippen LogP contribution >= 0.6 is 22.7 Å². The van der Waals surface area contributed by atoms with E-state index in [1.54, 1.807) is 11.3 Å². The third-order valence-electron chi connectivity index (χ3n) is 1.88. The van der Waals surface area contributed by atoms with Crippen LogP contribution in [0.25, 0.3) is 0 Å². The minimum Gasteiger partial charge on any atom is -0.250 e. The van der Waals surface area contributed by atoms with E-state index in [9.17, 15) is 0 Å². The number of thiazole rings is 1. The van der Waals surface area contributed by atoms with Gasteiger partial charge in [-0.3, -0.25) is 0 Å². The van der Waals surface area contributed by atoms with Gasteiger partial charge in [0.25, 0.3) is 0 Å².